The zero-order chi connectivity index (χ0) is 13.8. The smallest absolute Gasteiger partial charge is 0.185 e. The molecule has 1 saturated heterocycles. The molecule has 19 heavy (non-hydrogen) atoms. The van der Waals surface area contributed by atoms with E-state index >= 15 is 0 Å². The van der Waals surface area contributed by atoms with Crippen LogP contribution in [-0.2, 0) is 11.3 Å². The van der Waals surface area contributed by atoms with Crippen LogP contribution in [0.25, 0.3) is 0 Å². The first-order valence-corrected chi connectivity index (χ1v) is 7.85. The van der Waals surface area contributed by atoms with Gasteiger partial charge in [0.05, 0.1) is 12.3 Å². The normalized spacial score (nSPS) is 19.6. The largest absolute Gasteiger partial charge is 0.384 e. The van der Waals surface area contributed by atoms with Crippen LogP contribution in [0.2, 0.25) is 0 Å². The minimum absolute atomic E-state index is 0.491. The molecule has 1 atom stereocenters. The molecule has 0 amide bonds. The fourth-order valence-corrected chi connectivity index (χ4v) is 3.86. The van der Waals surface area contributed by atoms with Crippen molar-refractivity contribution >= 4 is 16.5 Å². The maximum atomic E-state index is 5.26. The zero-order valence-electron chi connectivity index (χ0n) is 12.4. The monoisotopic (exact) mass is 283 g/mol. The van der Waals surface area contributed by atoms with E-state index in [0.29, 0.717) is 11.8 Å². The summed E-state index contributed by atoms with van der Waals surface area (Å²) in [5, 5.41) is 4.43. The van der Waals surface area contributed by atoms with Crippen molar-refractivity contribution in [2.24, 2.45) is 5.92 Å². The van der Waals surface area contributed by atoms with E-state index in [1.54, 1.807) is 7.11 Å². The van der Waals surface area contributed by atoms with Crippen molar-refractivity contribution in [1.82, 2.24) is 10.3 Å². The van der Waals surface area contributed by atoms with Gasteiger partial charge in [0.15, 0.2) is 5.13 Å². The van der Waals surface area contributed by atoms with Crippen LogP contribution in [0.5, 0.6) is 0 Å². The lowest BCUT2D eigenvalue weighted by molar-refractivity contribution is 0.161. The number of hydrogen-bond donors (Lipinski definition) is 1. The Morgan fingerprint density at radius 3 is 2.95 bits per heavy atom. The van der Waals surface area contributed by atoms with E-state index in [9.17, 15) is 0 Å². The third kappa shape index (κ3) is 3.46. The summed E-state index contributed by atoms with van der Waals surface area (Å²) in [6.45, 7) is 8.41. The lowest BCUT2D eigenvalue weighted by atomic mass is 10.1. The molecule has 0 spiro atoms. The molecule has 1 N–H and O–H groups in total. The third-order valence-corrected chi connectivity index (χ3v) is 4.69. The highest BCUT2D eigenvalue weighted by atomic mass is 32.1. The highest BCUT2D eigenvalue weighted by Gasteiger charge is 2.26. The summed E-state index contributed by atoms with van der Waals surface area (Å²) in [5.41, 5.74) is 1.25. The van der Waals surface area contributed by atoms with Crippen molar-refractivity contribution < 1.29 is 4.74 Å². The second-order valence-corrected chi connectivity index (χ2v) is 6.61. The summed E-state index contributed by atoms with van der Waals surface area (Å²) >= 11 is 1.84. The van der Waals surface area contributed by atoms with Gasteiger partial charge in [-0.2, -0.15) is 0 Å². The highest BCUT2D eigenvalue weighted by Crippen LogP contribution is 2.33. The summed E-state index contributed by atoms with van der Waals surface area (Å²) < 4.78 is 5.26. The molecule has 2 rings (SSSR count). The molecule has 5 heteroatoms. The zero-order valence-corrected chi connectivity index (χ0v) is 13.2. The summed E-state index contributed by atoms with van der Waals surface area (Å²) in [4.78, 5) is 8.66. The third-order valence-electron chi connectivity index (χ3n) is 3.56. The lowest BCUT2D eigenvalue weighted by Crippen LogP contribution is -2.20. The van der Waals surface area contributed by atoms with Crippen molar-refractivity contribution in [3.63, 3.8) is 0 Å². The van der Waals surface area contributed by atoms with E-state index in [0.717, 1.165) is 26.2 Å². The quantitative estimate of drug-likeness (QED) is 0.870. The maximum absolute atomic E-state index is 5.26. The molecule has 1 aromatic heterocycles. The fourth-order valence-electron chi connectivity index (χ4n) is 2.60. The molecule has 108 valence electrons. The molecular weight excluding hydrogens is 258 g/mol. The van der Waals surface area contributed by atoms with E-state index in [-0.39, 0.29) is 0 Å². The van der Waals surface area contributed by atoms with Gasteiger partial charge in [-0.05, 0) is 19.4 Å². The van der Waals surface area contributed by atoms with Gasteiger partial charge in [-0.3, -0.25) is 0 Å². The predicted molar refractivity (Wildman–Crippen MR) is 81.2 cm³/mol. The topological polar surface area (TPSA) is 37.4 Å². The number of ether oxygens (including phenoxy) is 1. The highest BCUT2D eigenvalue weighted by molar-refractivity contribution is 7.15. The molecule has 1 aromatic rings. The van der Waals surface area contributed by atoms with Crippen molar-refractivity contribution in [2.75, 3.05) is 38.8 Å². The number of nitrogens with one attached hydrogen (secondary N) is 1. The molecule has 4 nitrogen and oxygen atoms in total. The molecule has 0 saturated carbocycles. The van der Waals surface area contributed by atoms with Gasteiger partial charge in [0.2, 0.25) is 0 Å². The predicted octanol–water partition coefficient (Wildman–Crippen LogP) is 2.46. The average molecular weight is 283 g/mol. The van der Waals surface area contributed by atoms with E-state index in [1.807, 2.05) is 18.4 Å². The Morgan fingerprint density at radius 1 is 1.53 bits per heavy atom. The van der Waals surface area contributed by atoms with Crippen molar-refractivity contribution in [3.05, 3.63) is 10.6 Å². The second kappa shape index (κ2) is 6.68. The first kappa shape index (κ1) is 14.8. The number of hydrogen-bond acceptors (Lipinski definition) is 5. The van der Waals surface area contributed by atoms with Crippen LogP contribution >= 0.6 is 11.3 Å². The van der Waals surface area contributed by atoms with E-state index in [4.69, 9.17) is 9.72 Å². The van der Waals surface area contributed by atoms with E-state index < -0.39 is 0 Å². The molecule has 0 aliphatic carbocycles. The van der Waals surface area contributed by atoms with Gasteiger partial charge in [-0.25, -0.2) is 4.98 Å². The van der Waals surface area contributed by atoms with Crippen LogP contribution in [0.4, 0.5) is 5.13 Å². The number of aromatic nitrogens is 1. The second-order valence-electron chi connectivity index (χ2n) is 5.55. The summed E-state index contributed by atoms with van der Waals surface area (Å²) in [7, 11) is 3.78. The van der Waals surface area contributed by atoms with Gasteiger partial charge in [-0.1, -0.05) is 13.8 Å². The van der Waals surface area contributed by atoms with Crippen molar-refractivity contribution in [3.8, 4) is 0 Å². The van der Waals surface area contributed by atoms with Gasteiger partial charge in [0.25, 0.3) is 0 Å². The van der Waals surface area contributed by atoms with Gasteiger partial charge < -0.3 is 15.0 Å². The van der Waals surface area contributed by atoms with Crippen molar-refractivity contribution in [1.29, 1.82) is 0 Å². The number of thiazole rings is 1. The van der Waals surface area contributed by atoms with E-state index in [1.165, 1.54) is 22.1 Å². The Labute approximate surface area is 120 Å². The molecule has 0 aromatic carbocycles. The van der Waals surface area contributed by atoms with Crippen LogP contribution in [0, 0.1) is 5.92 Å². The Bertz CT molecular complexity index is 405. The van der Waals surface area contributed by atoms with Crippen LogP contribution in [-0.4, -0.2) is 38.8 Å². The van der Waals surface area contributed by atoms with Gasteiger partial charge in [0, 0.05) is 37.5 Å². The summed E-state index contributed by atoms with van der Waals surface area (Å²) in [6.07, 6.45) is 1.21. The Morgan fingerprint density at radius 2 is 2.32 bits per heavy atom. The Balaban J connectivity index is 2.10. The molecular formula is C14H25N3OS. The Hall–Kier alpha value is -0.650. The van der Waals surface area contributed by atoms with Crippen LogP contribution in [0.1, 0.15) is 36.8 Å². The fraction of sp³-hybridized carbons (Fsp3) is 0.786. The summed E-state index contributed by atoms with van der Waals surface area (Å²) in [5.74, 6) is 1.15. The van der Waals surface area contributed by atoms with Crippen LogP contribution in [0.3, 0.4) is 0 Å². The van der Waals surface area contributed by atoms with E-state index in [2.05, 4.69) is 24.1 Å². The first-order valence-electron chi connectivity index (χ1n) is 7.03. The lowest BCUT2D eigenvalue weighted by Gasteiger charge is -2.14. The SMILES string of the molecule is CNCc1sc(N2CCC(COC)C2)nc1C(C)C. The molecule has 0 bridgehead atoms. The molecule has 1 aliphatic rings. The van der Waals surface area contributed by atoms with Crippen LogP contribution in [0.15, 0.2) is 0 Å². The molecule has 1 aliphatic heterocycles. The minimum atomic E-state index is 0.491. The number of nitrogens with zero attached hydrogens (tertiary/aromatic N) is 2. The standard InChI is InChI=1S/C14H25N3OS/c1-10(2)13-12(7-15-3)19-14(16-13)17-6-5-11(8-17)9-18-4/h10-11,15H,5-9H2,1-4H3. The molecule has 1 fully saturated rings. The van der Waals surface area contributed by atoms with Gasteiger partial charge in [0.1, 0.15) is 0 Å². The number of anilines is 1. The molecule has 0 radical (unpaired) electrons. The Kier molecular flexibility index (Phi) is 5.19. The number of methoxy groups -OCH3 is 1. The molecule has 1 unspecified atom stereocenters. The first-order chi connectivity index (χ1) is 9.15. The van der Waals surface area contributed by atoms with Gasteiger partial charge >= 0.3 is 0 Å². The number of rotatable bonds is 6. The average Bonchev–Trinajstić information content (AvgIpc) is 2.96. The van der Waals surface area contributed by atoms with Crippen LogP contribution < -0.4 is 10.2 Å². The maximum Gasteiger partial charge on any atom is 0.185 e. The van der Waals surface area contributed by atoms with Crippen molar-refractivity contribution in [2.45, 2.75) is 32.7 Å². The minimum Gasteiger partial charge on any atom is -0.384 e. The summed E-state index contributed by atoms with van der Waals surface area (Å²) in [6, 6.07) is 0. The molecule has 2 heterocycles. The van der Waals surface area contributed by atoms with Gasteiger partial charge in [-0.15, -0.1) is 11.3 Å².